The van der Waals surface area contributed by atoms with Crippen LogP contribution in [0.5, 0.6) is 0 Å². The smallest absolute Gasteiger partial charge is 0.253 e. The second-order valence-corrected chi connectivity index (χ2v) is 7.91. The molecule has 1 amide bonds. The van der Waals surface area contributed by atoms with Crippen molar-refractivity contribution in [2.45, 2.75) is 18.4 Å². The van der Waals surface area contributed by atoms with Crippen LogP contribution in [-0.4, -0.2) is 24.9 Å². The molecule has 1 N–H and O–H groups in total. The van der Waals surface area contributed by atoms with Crippen molar-refractivity contribution in [3.8, 4) is 0 Å². The number of hydrogen-bond donors (Lipinski definition) is 1. The van der Waals surface area contributed by atoms with Gasteiger partial charge in [0.15, 0.2) is 0 Å². The van der Waals surface area contributed by atoms with Crippen LogP contribution >= 0.6 is 23.2 Å². The van der Waals surface area contributed by atoms with Crippen LogP contribution in [0.25, 0.3) is 0 Å². The van der Waals surface area contributed by atoms with E-state index in [0.717, 1.165) is 17.7 Å². The van der Waals surface area contributed by atoms with Gasteiger partial charge >= 0.3 is 0 Å². The largest absolute Gasteiger partial charge is 0.378 e. The number of halogens is 2. The minimum Gasteiger partial charge on any atom is -0.378 e. The maximum atomic E-state index is 12.3. The van der Waals surface area contributed by atoms with Crippen LogP contribution in [0.4, 0.5) is 5.69 Å². The molecular formula is C21H20Cl2N2O. The highest BCUT2D eigenvalue weighted by Crippen LogP contribution is 2.51. The minimum absolute atomic E-state index is 0.0198. The summed E-state index contributed by atoms with van der Waals surface area (Å²) in [5.41, 5.74) is 3.96. The fourth-order valence-corrected chi connectivity index (χ4v) is 4.48. The Morgan fingerprint density at radius 2 is 1.96 bits per heavy atom. The van der Waals surface area contributed by atoms with Crippen molar-refractivity contribution in [1.29, 1.82) is 0 Å². The molecule has 26 heavy (non-hydrogen) atoms. The summed E-state index contributed by atoms with van der Waals surface area (Å²) >= 11 is 12.7. The molecule has 3 atom stereocenters. The summed E-state index contributed by atoms with van der Waals surface area (Å²) in [5, 5.41) is 4.83. The molecule has 1 aliphatic carbocycles. The molecule has 1 aliphatic heterocycles. The number of anilines is 1. The van der Waals surface area contributed by atoms with Crippen molar-refractivity contribution in [1.82, 2.24) is 4.90 Å². The van der Waals surface area contributed by atoms with Gasteiger partial charge in [-0.1, -0.05) is 47.5 Å². The zero-order chi connectivity index (χ0) is 18.4. The monoisotopic (exact) mass is 386 g/mol. The van der Waals surface area contributed by atoms with Crippen molar-refractivity contribution >= 4 is 34.8 Å². The molecule has 2 aromatic rings. The summed E-state index contributed by atoms with van der Waals surface area (Å²) in [4.78, 5) is 14.0. The van der Waals surface area contributed by atoms with Gasteiger partial charge in [0.2, 0.25) is 0 Å². The highest BCUT2D eigenvalue weighted by atomic mass is 35.5. The molecule has 0 radical (unpaired) electrons. The molecule has 0 bridgehead atoms. The minimum atomic E-state index is 0.0198. The predicted molar refractivity (Wildman–Crippen MR) is 107 cm³/mol. The lowest BCUT2D eigenvalue weighted by atomic mass is 9.76. The SMILES string of the molecule is CN(C)C(=O)c1ccc2c(c1)C1C=CCC1C(c1cccc(Cl)c1Cl)N2. The van der Waals surface area contributed by atoms with E-state index < -0.39 is 0 Å². The van der Waals surface area contributed by atoms with Gasteiger partial charge < -0.3 is 10.2 Å². The van der Waals surface area contributed by atoms with E-state index in [0.29, 0.717) is 21.5 Å². The molecule has 5 heteroatoms. The molecule has 4 rings (SSSR count). The van der Waals surface area contributed by atoms with Gasteiger partial charge in [-0.2, -0.15) is 0 Å². The van der Waals surface area contributed by atoms with E-state index in [1.54, 1.807) is 19.0 Å². The number of nitrogens with one attached hydrogen (secondary N) is 1. The molecular weight excluding hydrogens is 367 g/mol. The summed E-state index contributed by atoms with van der Waals surface area (Å²) in [6.45, 7) is 0. The van der Waals surface area contributed by atoms with Crippen molar-refractivity contribution in [3.63, 3.8) is 0 Å². The van der Waals surface area contributed by atoms with Gasteiger partial charge in [0.05, 0.1) is 16.1 Å². The third-order valence-corrected chi connectivity index (χ3v) is 6.17. The third-order valence-electron chi connectivity index (χ3n) is 5.33. The summed E-state index contributed by atoms with van der Waals surface area (Å²) in [7, 11) is 3.55. The van der Waals surface area contributed by atoms with Crippen LogP contribution in [0.2, 0.25) is 10.0 Å². The number of nitrogens with zero attached hydrogens (tertiary/aromatic N) is 1. The average molecular weight is 387 g/mol. The summed E-state index contributed by atoms with van der Waals surface area (Å²) in [6.07, 6.45) is 5.44. The number of benzene rings is 2. The van der Waals surface area contributed by atoms with Crippen LogP contribution in [0.1, 0.15) is 39.9 Å². The van der Waals surface area contributed by atoms with Crippen LogP contribution in [-0.2, 0) is 0 Å². The Hall–Kier alpha value is -1.97. The van der Waals surface area contributed by atoms with Crippen molar-refractivity contribution < 1.29 is 4.79 Å². The zero-order valence-electron chi connectivity index (χ0n) is 14.7. The molecule has 0 aromatic heterocycles. The molecule has 2 aromatic carbocycles. The maximum Gasteiger partial charge on any atom is 0.253 e. The zero-order valence-corrected chi connectivity index (χ0v) is 16.2. The van der Waals surface area contributed by atoms with E-state index in [1.807, 2.05) is 36.4 Å². The third kappa shape index (κ3) is 2.80. The lowest BCUT2D eigenvalue weighted by molar-refractivity contribution is 0.0827. The number of amides is 1. The van der Waals surface area contributed by atoms with Crippen molar-refractivity contribution in [3.05, 3.63) is 75.3 Å². The molecule has 3 unspecified atom stereocenters. The fraction of sp³-hybridized carbons (Fsp3) is 0.286. The van der Waals surface area contributed by atoms with E-state index in [2.05, 4.69) is 17.5 Å². The van der Waals surface area contributed by atoms with Gasteiger partial charge in [0.1, 0.15) is 0 Å². The Labute approximate surface area is 163 Å². The van der Waals surface area contributed by atoms with Crippen LogP contribution in [0, 0.1) is 5.92 Å². The Morgan fingerprint density at radius 3 is 2.73 bits per heavy atom. The highest BCUT2D eigenvalue weighted by molar-refractivity contribution is 6.42. The van der Waals surface area contributed by atoms with Gasteiger partial charge in [0.25, 0.3) is 5.91 Å². The molecule has 0 spiro atoms. The second kappa shape index (κ2) is 6.64. The molecule has 1 heterocycles. The molecule has 2 aliphatic rings. The standard InChI is InChI=1S/C21H20Cl2N2O/c1-25(2)21(26)12-9-10-18-16(11-12)13-5-3-6-14(13)20(24-18)15-7-4-8-17(22)19(15)23/h3-5,7-11,13-14,20,24H,6H2,1-2H3. The number of rotatable bonds is 2. The van der Waals surface area contributed by atoms with Crippen molar-refractivity contribution in [2.75, 3.05) is 19.4 Å². The lowest BCUT2D eigenvalue weighted by Gasteiger charge is -2.38. The first-order valence-electron chi connectivity index (χ1n) is 8.70. The Kier molecular flexibility index (Phi) is 4.45. The lowest BCUT2D eigenvalue weighted by Crippen LogP contribution is -2.30. The molecule has 0 saturated carbocycles. The normalized spacial score (nSPS) is 23.2. The van der Waals surface area contributed by atoms with E-state index in [1.165, 1.54) is 5.56 Å². The number of hydrogen-bond acceptors (Lipinski definition) is 2. The summed E-state index contributed by atoms with van der Waals surface area (Å²) in [6, 6.07) is 11.8. The van der Waals surface area contributed by atoms with Gasteiger partial charge in [-0.25, -0.2) is 0 Å². The van der Waals surface area contributed by atoms with Crippen molar-refractivity contribution in [2.24, 2.45) is 5.92 Å². The van der Waals surface area contributed by atoms with Gasteiger partial charge in [-0.05, 0) is 47.7 Å². The van der Waals surface area contributed by atoms with Gasteiger partial charge in [-0.15, -0.1) is 0 Å². The van der Waals surface area contributed by atoms with E-state index >= 15 is 0 Å². The quantitative estimate of drug-likeness (QED) is 0.688. The van der Waals surface area contributed by atoms with E-state index in [4.69, 9.17) is 23.2 Å². The van der Waals surface area contributed by atoms with E-state index in [-0.39, 0.29) is 17.9 Å². The Bertz CT molecular complexity index is 907. The Morgan fingerprint density at radius 1 is 1.15 bits per heavy atom. The first-order chi connectivity index (χ1) is 12.5. The predicted octanol–water partition coefficient (Wildman–Crippen LogP) is 5.52. The molecule has 134 valence electrons. The van der Waals surface area contributed by atoms with Gasteiger partial charge in [0, 0.05) is 31.3 Å². The first kappa shape index (κ1) is 17.4. The van der Waals surface area contributed by atoms with Crippen LogP contribution in [0.3, 0.4) is 0 Å². The molecule has 3 nitrogen and oxygen atoms in total. The number of allylic oxidation sites excluding steroid dienone is 2. The van der Waals surface area contributed by atoms with Gasteiger partial charge in [-0.3, -0.25) is 4.79 Å². The number of fused-ring (bicyclic) bond motifs is 3. The van der Waals surface area contributed by atoms with Crippen LogP contribution in [0.15, 0.2) is 48.6 Å². The first-order valence-corrected chi connectivity index (χ1v) is 9.45. The van der Waals surface area contributed by atoms with E-state index in [9.17, 15) is 4.79 Å². The maximum absolute atomic E-state index is 12.3. The fourth-order valence-electron chi connectivity index (χ4n) is 4.05. The second-order valence-electron chi connectivity index (χ2n) is 7.12. The van der Waals surface area contributed by atoms with Crippen LogP contribution < -0.4 is 5.32 Å². The topological polar surface area (TPSA) is 32.3 Å². The number of carbonyl (C=O) groups is 1. The molecule has 0 fully saturated rings. The average Bonchev–Trinajstić information content (AvgIpc) is 3.12. The Balaban J connectivity index is 1.77. The number of carbonyl (C=O) groups excluding carboxylic acids is 1. The summed E-state index contributed by atoms with van der Waals surface area (Å²) < 4.78 is 0. The summed E-state index contributed by atoms with van der Waals surface area (Å²) in [5.74, 6) is 0.635. The molecule has 0 saturated heterocycles. The highest BCUT2D eigenvalue weighted by Gasteiger charge is 2.39.